The van der Waals surface area contributed by atoms with Gasteiger partial charge in [0, 0.05) is 19.6 Å². The number of nitrogens with zero attached hydrogens (tertiary/aromatic N) is 2. The lowest BCUT2D eigenvalue weighted by molar-refractivity contribution is -0.125. The lowest BCUT2D eigenvalue weighted by Gasteiger charge is -2.19. The summed E-state index contributed by atoms with van der Waals surface area (Å²) in [5.41, 5.74) is 6.89. The van der Waals surface area contributed by atoms with Crippen molar-refractivity contribution in [1.82, 2.24) is 9.80 Å². The third-order valence-electron chi connectivity index (χ3n) is 3.15. The summed E-state index contributed by atoms with van der Waals surface area (Å²) in [6.45, 7) is 0.308. The Bertz CT molecular complexity index is 486. The van der Waals surface area contributed by atoms with Crippen LogP contribution < -0.4 is 10.5 Å². The van der Waals surface area contributed by atoms with Gasteiger partial charge in [0.1, 0.15) is 12.3 Å². The summed E-state index contributed by atoms with van der Waals surface area (Å²) in [6, 6.07) is 6.57. The van der Waals surface area contributed by atoms with E-state index in [0.29, 0.717) is 0 Å². The number of imide groups is 1. The Morgan fingerprint density at radius 3 is 2.42 bits per heavy atom. The monoisotopic (exact) mass is 263 g/mol. The van der Waals surface area contributed by atoms with Crippen LogP contribution in [0.25, 0.3) is 0 Å². The molecule has 6 heteroatoms. The molecule has 3 amide bonds. The fourth-order valence-corrected chi connectivity index (χ4v) is 2.00. The summed E-state index contributed by atoms with van der Waals surface area (Å²) >= 11 is 0. The van der Waals surface area contributed by atoms with Gasteiger partial charge in [0.25, 0.3) is 0 Å². The van der Waals surface area contributed by atoms with E-state index in [1.54, 1.807) is 26.3 Å². The number of methoxy groups -OCH3 is 1. The van der Waals surface area contributed by atoms with E-state index in [9.17, 15) is 9.59 Å². The number of urea groups is 1. The van der Waals surface area contributed by atoms with Gasteiger partial charge in [-0.3, -0.25) is 9.69 Å². The average Bonchev–Trinajstić information content (AvgIpc) is 2.65. The molecule has 19 heavy (non-hydrogen) atoms. The van der Waals surface area contributed by atoms with Crippen LogP contribution in [-0.4, -0.2) is 49.0 Å². The smallest absolute Gasteiger partial charge is 0.327 e. The van der Waals surface area contributed by atoms with Crippen molar-refractivity contribution in [2.75, 3.05) is 27.2 Å². The number of nitrogens with two attached hydrogens (primary N) is 1. The van der Waals surface area contributed by atoms with Gasteiger partial charge in [-0.05, 0) is 17.7 Å². The minimum Gasteiger partial charge on any atom is -0.497 e. The predicted octanol–water partition coefficient (Wildman–Crippen LogP) is 0.589. The predicted molar refractivity (Wildman–Crippen MR) is 69.7 cm³/mol. The Hall–Kier alpha value is -2.08. The van der Waals surface area contributed by atoms with Crippen LogP contribution in [0.3, 0.4) is 0 Å². The van der Waals surface area contributed by atoms with E-state index in [1.165, 1.54) is 9.80 Å². The number of ether oxygens (including phenoxy) is 1. The van der Waals surface area contributed by atoms with Gasteiger partial charge in [-0.2, -0.15) is 0 Å². The molecule has 1 aliphatic heterocycles. The van der Waals surface area contributed by atoms with Gasteiger partial charge in [-0.25, -0.2) is 4.79 Å². The van der Waals surface area contributed by atoms with Crippen LogP contribution in [0.4, 0.5) is 4.79 Å². The number of carbonyl (C=O) groups is 2. The molecule has 2 rings (SSSR count). The standard InChI is InChI=1S/C13H17N3O3/c1-15-8-12(17)16(13(15)18)7-11(14)9-3-5-10(19-2)6-4-9/h3-6,11H,7-8,14H2,1-2H3. The first-order valence-electron chi connectivity index (χ1n) is 5.98. The minimum absolute atomic E-state index is 0.119. The van der Waals surface area contributed by atoms with E-state index in [1.807, 2.05) is 12.1 Å². The van der Waals surface area contributed by atoms with Crippen LogP contribution in [0.1, 0.15) is 11.6 Å². The summed E-state index contributed by atoms with van der Waals surface area (Å²) in [7, 11) is 3.19. The zero-order chi connectivity index (χ0) is 14.0. The normalized spacial score (nSPS) is 17.0. The van der Waals surface area contributed by atoms with Gasteiger partial charge >= 0.3 is 6.03 Å². The van der Waals surface area contributed by atoms with Gasteiger partial charge in [0.15, 0.2) is 0 Å². The van der Waals surface area contributed by atoms with Crippen molar-refractivity contribution in [3.63, 3.8) is 0 Å². The first-order valence-corrected chi connectivity index (χ1v) is 5.98. The van der Waals surface area contributed by atoms with E-state index in [4.69, 9.17) is 10.5 Å². The second-order valence-corrected chi connectivity index (χ2v) is 4.52. The molecular weight excluding hydrogens is 246 g/mol. The molecule has 1 aromatic carbocycles. The highest BCUT2D eigenvalue weighted by atomic mass is 16.5. The van der Waals surface area contributed by atoms with Crippen LogP contribution in [0.15, 0.2) is 24.3 Å². The molecule has 1 fully saturated rings. The molecule has 6 nitrogen and oxygen atoms in total. The van der Waals surface area contributed by atoms with Gasteiger partial charge in [-0.1, -0.05) is 12.1 Å². The van der Waals surface area contributed by atoms with Crippen molar-refractivity contribution < 1.29 is 14.3 Å². The molecule has 0 aromatic heterocycles. The van der Waals surface area contributed by atoms with Crippen LogP contribution in [-0.2, 0) is 4.79 Å². The molecule has 0 radical (unpaired) electrons. The summed E-state index contributed by atoms with van der Waals surface area (Å²) in [5, 5.41) is 0. The minimum atomic E-state index is -0.398. The van der Waals surface area contributed by atoms with E-state index < -0.39 is 6.04 Å². The molecular formula is C13H17N3O3. The quantitative estimate of drug-likeness (QED) is 0.807. The topological polar surface area (TPSA) is 75.9 Å². The van der Waals surface area contributed by atoms with Crippen molar-refractivity contribution >= 4 is 11.9 Å². The fourth-order valence-electron chi connectivity index (χ4n) is 2.00. The van der Waals surface area contributed by atoms with Gasteiger partial charge in [0.2, 0.25) is 5.91 Å². The SMILES string of the molecule is COc1ccc(C(N)CN2C(=O)CN(C)C2=O)cc1. The number of benzene rings is 1. The third kappa shape index (κ3) is 2.68. The van der Waals surface area contributed by atoms with Crippen LogP contribution >= 0.6 is 0 Å². The summed E-state index contributed by atoms with van der Waals surface area (Å²) in [6.07, 6.45) is 0. The van der Waals surface area contributed by atoms with Gasteiger partial charge < -0.3 is 15.4 Å². The molecule has 102 valence electrons. The number of likely N-dealkylation sites (N-methyl/N-ethyl adjacent to an activating group) is 1. The van der Waals surface area contributed by atoms with Gasteiger partial charge in [-0.15, -0.1) is 0 Å². The first-order chi connectivity index (χ1) is 9.02. The fraction of sp³-hybridized carbons (Fsp3) is 0.385. The largest absolute Gasteiger partial charge is 0.497 e. The lowest BCUT2D eigenvalue weighted by Crippen LogP contribution is -2.37. The van der Waals surface area contributed by atoms with Crippen LogP contribution in [0.5, 0.6) is 5.75 Å². The van der Waals surface area contributed by atoms with E-state index >= 15 is 0 Å². The van der Waals surface area contributed by atoms with Crippen LogP contribution in [0, 0.1) is 0 Å². The molecule has 0 bridgehead atoms. The number of amides is 3. The van der Waals surface area contributed by atoms with Gasteiger partial charge in [0.05, 0.1) is 7.11 Å². The molecule has 2 N–H and O–H groups in total. The maximum Gasteiger partial charge on any atom is 0.327 e. The molecule has 1 saturated heterocycles. The highest BCUT2D eigenvalue weighted by Crippen LogP contribution is 2.18. The number of carbonyl (C=O) groups excluding carboxylic acids is 2. The summed E-state index contributed by atoms with van der Waals surface area (Å²) in [4.78, 5) is 26.0. The maximum absolute atomic E-state index is 11.7. The van der Waals surface area contributed by atoms with Crippen molar-refractivity contribution in [2.45, 2.75) is 6.04 Å². The molecule has 0 aliphatic carbocycles. The molecule has 0 saturated carbocycles. The van der Waals surface area contributed by atoms with Crippen molar-refractivity contribution in [2.24, 2.45) is 5.73 Å². The molecule has 1 aromatic rings. The molecule has 0 spiro atoms. The third-order valence-corrected chi connectivity index (χ3v) is 3.15. The maximum atomic E-state index is 11.7. The average molecular weight is 263 g/mol. The van der Waals surface area contributed by atoms with Crippen molar-refractivity contribution in [3.05, 3.63) is 29.8 Å². The van der Waals surface area contributed by atoms with Crippen LogP contribution in [0.2, 0.25) is 0 Å². The highest BCUT2D eigenvalue weighted by Gasteiger charge is 2.34. The number of rotatable bonds is 4. The summed E-state index contributed by atoms with van der Waals surface area (Å²) < 4.78 is 5.06. The van der Waals surface area contributed by atoms with E-state index in [2.05, 4.69) is 0 Å². The second-order valence-electron chi connectivity index (χ2n) is 4.52. The Morgan fingerprint density at radius 1 is 1.32 bits per heavy atom. The van der Waals surface area contributed by atoms with Crippen molar-refractivity contribution in [1.29, 1.82) is 0 Å². The zero-order valence-corrected chi connectivity index (χ0v) is 11.0. The number of hydrogen-bond donors (Lipinski definition) is 1. The lowest BCUT2D eigenvalue weighted by atomic mass is 10.1. The Morgan fingerprint density at radius 2 is 1.95 bits per heavy atom. The second kappa shape index (κ2) is 5.27. The molecule has 1 unspecified atom stereocenters. The highest BCUT2D eigenvalue weighted by molar-refractivity contribution is 6.01. The number of hydrogen-bond acceptors (Lipinski definition) is 4. The first kappa shape index (κ1) is 13.4. The van der Waals surface area contributed by atoms with E-state index in [-0.39, 0.29) is 25.0 Å². The Balaban J connectivity index is 2.06. The Labute approximate surface area is 111 Å². The zero-order valence-electron chi connectivity index (χ0n) is 11.0. The Kier molecular flexibility index (Phi) is 3.71. The van der Waals surface area contributed by atoms with E-state index in [0.717, 1.165) is 11.3 Å². The summed E-state index contributed by atoms with van der Waals surface area (Å²) in [5.74, 6) is 0.528. The molecule has 1 aliphatic rings. The molecule has 1 atom stereocenters. The van der Waals surface area contributed by atoms with Crippen molar-refractivity contribution in [3.8, 4) is 5.75 Å². The molecule has 1 heterocycles.